The number of nitrogens with zero attached hydrogens (tertiary/aromatic N) is 2. The average Bonchev–Trinajstić information content (AvgIpc) is 3.02. The molecule has 3 N–H and O–H groups in total. The molecular formula is C19H16F2N4O3. The maximum Gasteiger partial charge on any atom is 0.259 e. The highest BCUT2D eigenvalue weighted by Crippen LogP contribution is 2.26. The van der Waals surface area contributed by atoms with Crippen LogP contribution in [0.4, 0.5) is 14.5 Å². The van der Waals surface area contributed by atoms with Crippen molar-refractivity contribution in [3.05, 3.63) is 65.9 Å². The zero-order chi connectivity index (χ0) is 20.3. The predicted molar refractivity (Wildman–Crippen MR) is 97.6 cm³/mol. The number of carbonyl (C=O) groups is 2. The Morgan fingerprint density at radius 3 is 2.54 bits per heavy atom. The number of aromatic nitrogens is 2. The van der Waals surface area contributed by atoms with E-state index in [0.717, 1.165) is 12.1 Å². The number of ether oxygens (including phenoxy) is 1. The summed E-state index contributed by atoms with van der Waals surface area (Å²) in [5.41, 5.74) is 5.70. The molecule has 0 bridgehead atoms. The number of hydrogen-bond acceptors (Lipinski definition) is 4. The van der Waals surface area contributed by atoms with Gasteiger partial charge >= 0.3 is 0 Å². The molecule has 28 heavy (non-hydrogen) atoms. The third kappa shape index (κ3) is 4.32. The number of anilines is 1. The summed E-state index contributed by atoms with van der Waals surface area (Å²) in [7, 11) is 1.59. The summed E-state index contributed by atoms with van der Waals surface area (Å²) in [5.74, 6) is -2.25. The molecule has 2 aromatic carbocycles. The Balaban J connectivity index is 1.81. The summed E-state index contributed by atoms with van der Waals surface area (Å²) in [6, 6.07) is 9.32. The third-order valence-electron chi connectivity index (χ3n) is 3.75. The van der Waals surface area contributed by atoms with Gasteiger partial charge in [-0.25, -0.2) is 8.78 Å². The van der Waals surface area contributed by atoms with Crippen molar-refractivity contribution in [2.45, 2.75) is 0 Å². The van der Waals surface area contributed by atoms with Crippen LogP contribution < -0.4 is 15.8 Å². The highest BCUT2D eigenvalue weighted by atomic mass is 19.1. The molecule has 1 aromatic heterocycles. The number of amides is 2. The number of benzene rings is 2. The number of carbonyl (C=O) groups excluding carboxylic acids is 2. The number of nitrogens with two attached hydrogens (primary N) is 1. The standard InChI is InChI=1S/C19H16F2N4O3/c1-25-9-15(18(24-25)14-7-2-11(20)8-16(14)21)19(27)23-12-3-5-13(6-4-12)28-10-17(22)26/h2-9H,10H2,1H3,(H2,22,26)(H,23,27). The van der Waals surface area contributed by atoms with E-state index in [2.05, 4.69) is 10.4 Å². The van der Waals surface area contributed by atoms with Gasteiger partial charge in [0.1, 0.15) is 23.1 Å². The molecule has 0 atom stereocenters. The first-order chi connectivity index (χ1) is 13.3. The van der Waals surface area contributed by atoms with Crippen LogP contribution in [0.3, 0.4) is 0 Å². The summed E-state index contributed by atoms with van der Waals surface area (Å²) < 4.78 is 33.8. The number of halogens is 2. The van der Waals surface area contributed by atoms with Gasteiger partial charge < -0.3 is 15.8 Å². The lowest BCUT2D eigenvalue weighted by atomic mass is 10.1. The molecule has 2 amide bonds. The minimum atomic E-state index is -0.816. The zero-order valence-corrected chi connectivity index (χ0v) is 14.8. The molecule has 0 fully saturated rings. The molecule has 144 valence electrons. The molecule has 7 nitrogen and oxygen atoms in total. The van der Waals surface area contributed by atoms with E-state index < -0.39 is 23.4 Å². The fourth-order valence-corrected chi connectivity index (χ4v) is 2.52. The van der Waals surface area contributed by atoms with Crippen LogP contribution >= 0.6 is 0 Å². The predicted octanol–water partition coefficient (Wildman–Crippen LogP) is 2.48. The SMILES string of the molecule is Cn1cc(C(=O)Nc2ccc(OCC(N)=O)cc2)c(-c2ccc(F)cc2F)n1. The molecule has 3 aromatic rings. The van der Waals surface area contributed by atoms with Crippen LogP contribution in [0.2, 0.25) is 0 Å². The van der Waals surface area contributed by atoms with E-state index in [-0.39, 0.29) is 23.4 Å². The highest BCUT2D eigenvalue weighted by molar-refractivity contribution is 6.08. The van der Waals surface area contributed by atoms with Gasteiger partial charge in [0.15, 0.2) is 6.61 Å². The monoisotopic (exact) mass is 386 g/mol. The Bertz CT molecular complexity index is 1030. The van der Waals surface area contributed by atoms with Crippen LogP contribution in [0.5, 0.6) is 5.75 Å². The Labute approximate surface area is 158 Å². The van der Waals surface area contributed by atoms with Crippen molar-refractivity contribution in [1.82, 2.24) is 9.78 Å². The van der Waals surface area contributed by atoms with Gasteiger partial charge in [0.25, 0.3) is 11.8 Å². The van der Waals surface area contributed by atoms with Crippen molar-refractivity contribution in [3.63, 3.8) is 0 Å². The van der Waals surface area contributed by atoms with Crippen LogP contribution in [0.25, 0.3) is 11.3 Å². The van der Waals surface area contributed by atoms with Gasteiger partial charge in [-0.15, -0.1) is 0 Å². The van der Waals surface area contributed by atoms with E-state index in [1.54, 1.807) is 31.3 Å². The van der Waals surface area contributed by atoms with Crippen LogP contribution in [0, 0.1) is 11.6 Å². The van der Waals surface area contributed by atoms with Gasteiger partial charge in [0.2, 0.25) is 0 Å². The van der Waals surface area contributed by atoms with Crippen molar-refractivity contribution in [2.24, 2.45) is 12.8 Å². The number of rotatable bonds is 6. The fraction of sp³-hybridized carbons (Fsp3) is 0.105. The van der Waals surface area contributed by atoms with Crippen LogP contribution in [0.15, 0.2) is 48.7 Å². The molecule has 0 aliphatic rings. The van der Waals surface area contributed by atoms with E-state index in [1.165, 1.54) is 16.9 Å². The Kier molecular flexibility index (Phi) is 5.35. The lowest BCUT2D eigenvalue weighted by molar-refractivity contribution is -0.119. The molecule has 0 aliphatic carbocycles. The maximum absolute atomic E-state index is 14.1. The third-order valence-corrected chi connectivity index (χ3v) is 3.75. The van der Waals surface area contributed by atoms with Crippen molar-refractivity contribution in [3.8, 4) is 17.0 Å². The average molecular weight is 386 g/mol. The zero-order valence-electron chi connectivity index (χ0n) is 14.8. The molecule has 0 saturated heterocycles. The molecule has 0 unspecified atom stereocenters. The van der Waals surface area contributed by atoms with Crippen LogP contribution in [-0.2, 0) is 11.8 Å². The van der Waals surface area contributed by atoms with E-state index >= 15 is 0 Å². The number of hydrogen-bond donors (Lipinski definition) is 2. The summed E-state index contributed by atoms with van der Waals surface area (Å²) in [5, 5.41) is 6.79. The van der Waals surface area contributed by atoms with Crippen molar-refractivity contribution in [1.29, 1.82) is 0 Å². The van der Waals surface area contributed by atoms with Gasteiger partial charge in [0.05, 0.1) is 5.56 Å². The van der Waals surface area contributed by atoms with E-state index in [0.29, 0.717) is 11.4 Å². The van der Waals surface area contributed by atoms with Gasteiger partial charge in [-0.3, -0.25) is 14.3 Å². The van der Waals surface area contributed by atoms with Gasteiger partial charge in [-0.2, -0.15) is 5.10 Å². The molecule has 0 saturated carbocycles. The normalized spacial score (nSPS) is 10.5. The minimum Gasteiger partial charge on any atom is -0.484 e. The first-order valence-corrected chi connectivity index (χ1v) is 8.15. The van der Waals surface area contributed by atoms with E-state index in [4.69, 9.17) is 10.5 Å². The minimum absolute atomic E-state index is 0.0161. The molecular weight excluding hydrogens is 370 g/mol. The first kappa shape index (κ1) is 19.0. The fourth-order valence-electron chi connectivity index (χ4n) is 2.52. The highest BCUT2D eigenvalue weighted by Gasteiger charge is 2.20. The number of aryl methyl sites for hydroxylation is 1. The molecule has 3 rings (SSSR count). The van der Waals surface area contributed by atoms with Crippen molar-refractivity contribution in [2.75, 3.05) is 11.9 Å². The number of nitrogens with one attached hydrogen (secondary N) is 1. The molecule has 0 radical (unpaired) electrons. The molecule has 0 spiro atoms. The molecule has 9 heteroatoms. The van der Waals surface area contributed by atoms with Gasteiger partial charge in [-0.05, 0) is 36.4 Å². The Morgan fingerprint density at radius 1 is 1.18 bits per heavy atom. The molecule has 1 heterocycles. The first-order valence-electron chi connectivity index (χ1n) is 8.15. The smallest absolute Gasteiger partial charge is 0.259 e. The Morgan fingerprint density at radius 2 is 1.89 bits per heavy atom. The summed E-state index contributed by atoms with van der Waals surface area (Å²) in [6.45, 7) is -0.256. The van der Waals surface area contributed by atoms with Crippen LogP contribution in [-0.4, -0.2) is 28.2 Å². The quantitative estimate of drug-likeness (QED) is 0.680. The lowest BCUT2D eigenvalue weighted by Crippen LogP contribution is -2.20. The van der Waals surface area contributed by atoms with Crippen molar-refractivity contribution >= 4 is 17.5 Å². The van der Waals surface area contributed by atoms with Crippen LogP contribution in [0.1, 0.15) is 10.4 Å². The maximum atomic E-state index is 14.1. The Hall–Kier alpha value is -3.75. The second-order valence-electron chi connectivity index (χ2n) is 5.92. The lowest BCUT2D eigenvalue weighted by Gasteiger charge is -2.08. The second-order valence-corrected chi connectivity index (χ2v) is 5.92. The van der Waals surface area contributed by atoms with E-state index in [9.17, 15) is 18.4 Å². The van der Waals surface area contributed by atoms with Gasteiger partial charge in [-0.1, -0.05) is 0 Å². The summed E-state index contributed by atoms with van der Waals surface area (Å²) in [4.78, 5) is 23.4. The van der Waals surface area contributed by atoms with Gasteiger partial charge in [0, 0.05) is 30.6 Å². The van der Waals surface area contributed by atoms with E-state index in [1.807, 2.05) is 0 Å². The van der Waals surface area contributed by atoms with Crippen molar-refractivity contribution < 1.29 is 23.1 Å². The summed E-state index contributed by atoms with van der Waals surface area (Å²) in [6.07, 6.45) is 1.44. The molecule has 0 aliphatic heterocycles. The number of primary amides is 1. The second kappa shape index (κ2) is 7.87. The topological polar surface area (TPSA) is 99.2 Å². The largest absolute Gasteiger partial charge is 0.484 e. The summed E-state index contributed by atoms with van der Waals surface area (Å²) >= 11 is 0.